The smallest absolute Gasteiger partial charge is 0.0506 e. The Morgan fingerprint density at radius 1 is 1.29 bits per heavy atom. The van der Waals surface area contributed by atoms with Gasteiger partial charge in [-0.25, -0.2) is 0 Å². The Labute approximate surface area is 87.4 Å². The lowest BCUT2D eigenvalue weighted by Crippen LogP contribution is -2.48. The third-order valence-corrected chi connectivity index (χ3v) is 3.97. The summed E-state index contributed by atoms with van der Waals surface area (Å²) in [6, 6.07) is 1.41. The van der Waals surface area contributed by atoms with Gasteiger partial charge in [-0.15, -0.1) is 0 Å². The molecule has 0 aromatic heterocycles. The third kappa shape index (κ3) is 2.29. The van der Waals surface area contributed by atoms with Crippen LogP contribution in [0.1, 0.15) is 39.5 Å². The summed E-state index contributed by atoms with van der Waals surface area (Å²) >= 11 is 0. The maximum Gasteiger partial charge on any atom is 0.0506 e. The van der Waals surface area contributed by atoms with Gasteiger partial charge in [0.25, 0.3) is 0 Å². The molecule has 2 heteroatoms. The lowest BCUT2D eigenvalue weighted by Gasteiger charge is -2.38. The summed E-state index contributed by atoms with van der Waals surface area (Å²) in [4.78, 5) is 0. The molecule has 1 saturated carbocycles. The third-order valence-electron chi connectivity index (χ3n) is 3.97. The van der Waals surface area contributed by atoms with Crippen molar-refractivity contribution in [2.45, 2.75) is 51.6 Å². The van der Waals surface area contributed by atoms with Gasteiger partial charge in [0.15, 0.2) is 0 Å². The van der Waals surface area contributed by atoms with Crippen LogP contribution in [0.2, 0.25) is 0 Å². The fourth-order valence-electron chi connectivity index (χ4n) is 2.54. The molecule has 0 aromatic rings. The molecule has 1 heterocycles. The molecule has 3 atom stereocenters. The molecule has 0 aromatic carbocycles. The van der Waals surface area contributed by atoms with Crippen molar-refractivity contribution in [3.05, 3.63) is 0 Å². The normalized spacial score (nSPS) is 36.4. The summed E-state index contributed by atoms with van der Waals surface area (Å²) in [6.07, 6.45) is 5.51. The van der Waals surface area contributed by atoms with Crippen LogP contribution in [0.25, 0.3) is 0 Å². The highest BCUT2D eigenvalue weighted by Crippen LogP contribution is 2.30. The minimum atomic E-state index is 0.686. The van der Waals surface area contributed by atoms with Crippen LogP contribution in [0.4, 0.5) is 0 Å². The molecule has 0 radical (unpaired) electrons. The molecule has 2 nitrogen and oxygen atoms in total. The number of ether oxygens (including phenoxy) is 1. The Bertz CT molecular complexity index is 179. The Morgan fingerprint density at radius 3 is 2.64 bits per heavy atom. The van der Waals surface area contributed by atoms with Crippen molar-refractivity contribution in [3.63, 3.8) is 0 Å². The molecule has 0 bridgehead atoms. The van der Waals surface area contributed by atoms with Gasteiger partial charge < -0.3 is 10.1 Å². The summed E-state index contributed by atoms with van der Waals surface area (Å²) in [5.74, 6) is 1.64. The van der Waals surface area contributed by atoms with E-state index in [1.54, 1.807) is 0 Å². The fraction of sp³-hybridized carbons (Fsp3) is 1.00. The van der Waals surface area contributed by atoms with Gasteiger partial charge in [0, 0.05) is 18.7 Å². The Hall–Kier alpha value is -0.0800. The molecule has 2 unspecified atom stereocenters. The van der Waals surface area contributed by atoms with E-state index >= 15 is 0 Å². The van der Waals surface area contributed by atoms with Gasteiger partial charge in [-0.1, -0.05) is 13.3 Å². The Balaban J connectivity index is 1.76. The van der Waals surface area contributed by atoms with Crippen LogP contribution in [0, 0.1) is 11.8 Å². The van der Waals surface area contributed by atoms with E-state index in [1.807, 2.05) is 0 Å². The average molecular weight is 197 g/mol. The van der Waals surface area contributed by atoms with Crippen molar-refractivity contribution in [1.82, 2.24) is 5.32 Å². The minimum absolute atomic E-state index is 0.686. The first-order valence-corrected chi connectivity index (χ1v) is 6.11. The molecule has 82 valence electrons. The van der Waals surface area contributed by atoms with Gasteiger partial charge in [0.1, 0.15) is 0 Å². The molecular formula is C12H23NO. The van der Waals surface area contributed by atoms with Crippen LogP contribution in [-0.2, 0) is 4.74 Å². The number of hydrogen-bond donors (Lipinski definition) is 1. The van der Waals surface area contributed by atoms with E-state index in [-0.39, 0.29) is 0 Å². The van der Waals surface area contributed by atoms with Crippen molar-refractivity contribution >= 4 is 0 Å². The standard InChI is InChI=1S/C12H23NO/c1-9-8-14-7-6-12(9)13-10(2)11-4-3-5-11/h9-13H,3-8H2,1-2H3/t9?,10-,12?/m0/s1. The molecule has 0 spiro atoms. The highest BCUT2D eigenvalue weighted by atomic mass is 16.5. The molecule has 1 aliphatic heterocycles. The average Bonchev–Trinajstić information content (AvgIpc) is 2.05. The van der Waals surface area contributed by atoms with Crippen molar-refractivity contribution in [1.29, 1.82) is 0 Å². The van der Waals surface area contributed by atoms with Crippen molar-refractivity contribution in [3.8, 4) is 0 Å². The van der Waals surface area contributed by atoms with Crippen LogP contribution in [-0.4, -0.2) is 25.3 Å². The lowest BCUT2D eigenvalue weighted by molar-refractivity contribution is 0.0318. The molecule has 1 saturated heterocycles. The molecular weight excluding hydrogens is 174 g/mol. The fourth-order valence-corrected chi connectivity index (χ4v) is 2.54. The van der Waals surface area contributed by atoms with Crippen LogP contribution >= 0.6 is 0 Å². The van der Waals surface area contributed by atoms with E-state index in [4.69, 9.17) is 4.74 Å². The van der Waals surface area contributed by atoms with Gasteiger partial charge in [0.2, 0.25) is 0 Å². The topological polar surface area (TPSA) is 21.3 Å². The molecule has 0 amide bonds. The first-order chi connectivity index (χ1) is 6.77. The summed E-state index contributed by atoms with van der Waals surface area (Å²) in [7, 11) is 0. The van der Waals surface area contributed by atoms with Crippen LogP contribution in [0.15, 0.2) is 0 Å². The zero-order valence-corrected chi connectivity index (χ0v) is 9.46. The zero-order chi connectivity index (χ0) is 9.97. The molecule has 2 aliphatic rings. The second-order valence-electron chi connectivity index (χ2n) is 5.09. The summed E-state index contributed by atoms with van der Waals surface area (Å²) < 4.78 is 5.45. The van der Waals surface area contributed by atoms with Gasteiger partial charge >= 0.3 is 0 Å². The van der Waals surface area contributed by atoms with Crippen molar-refractivity contribution in [2.75, 3.05) is 13.2 Å². The summed E-state index contributed by atoms with van der Waals surface area (Å²) in [6.45, 7) is 6.53. The largest absolute Gasteiger partial charge is 0.381 e. The van der Waals surface area contributed by atoms with E-state index < -0.39 is 0 Å². The molecule has 1 aliphatic carbocycles. The maximum absolute atomic E-state index is 5.45. The number of rotatable bonds is 3. The van der Waals surface area contributed by atoms with E-state index in [1.165, 1.54) is 25.7 Å². The highest BCUT2D eigenvalue weighted by molar-refractivity contribution is 4.85. The van der Waals surface area contributed by atoms with E-state index in [9.17, 15) is 0 Å². The summed E-state index contributed by atoms with van der Waals surface area (Å²) in [5, 5.41) is 3.79. The van der Waals surface area contributed by atoms with E-state index in [0.717, 1.165) is 19.1 Å². The second kappa shape index (κ2) is 4.63. The first-order valence-electron chi connectivity index (χ1n) is 6.11. The van der Waals surface area contributed by atoms with Gasteiger partial charge in [-0.05, 0) is 38.0 Å². The predicted molar refractivity (Wildman–Crippen MR) is 58.3 cm³/mol. The van der Waals surface area contributed by atoms with Gasteiger partial charge in [-0.3, -0.25) is 0 Å². The van der Waals surface area contributed by atoms with Crippen molar-refractivity contribution in [2.24, 2.45) is 11.8 Å². The van der Waals surface area contributed by atoms with Crippen LogP contribution in [0.3, 0.4) is 0 Å². The van der Waals surface area contributed by atoms with Crippen LogP contribution < -0.4 is 5.32 Å². The molecule has 2 fully saturated rings. The predicted octanol–water partition coefficient (Wildman–Crippen LogP) is 2.19. The molecule has 2 rings (SSSR count). The zero-order valence-electron chi connectivity index (χ0n) is 9.46. The maximum atomic E-state index is 5.45. The first kappa shape index (κ1) is 10.4. The molecule has 14 heavy (non-hydrogen) atoms. The monoisotopic (exact) mass is 197 g/mol. The second-order valence-corrected chi connectivity index (χ2v) is 5.09. The number of nitrogens with one attached hydrogen (secondary N) is 1. The van der Waals surface area contributed by atoms with Gasteiger partial charge in [-0.2, -0.15) is 0 Å². The van der Waals surface area contributed by atoms with E-state index in [0.29, 0.717) is 18.0 Å². The van der Waals surface area contributed by atoms with E-state index in [2.05, 4.69) is 19.2 Å². The quantitative estimate of drug-likeness (QED) is 0.749. The highest BCUT2D eigenvalue weighted by Gasteiger charge is 2.28. The molecule has 1 N–H and O–H groups in total. The minimum Gasteiger partial charge on any atom is -0.381 e. The Morgan fingerprint density at radius 2 is 2.07 bits per heavy atom. The SMILES string of the molecule is CC1COCCC1N[C@@H](C)C1CCC1. The van der Waals surface area contributed by atoms with Crippen LogP contribution in [0.5, 0.6) is 0 Å². The van der Waals surface area contributed by atoms with Gasteiger partial charge in [0.05, 0.1) is 6.61 Å². The number of hydrogen-bond acceptors (Lipinski definition) is 2. The lowest BCUT2D eigenvalue weighted by atomic mass is 9.79. The Kier molecular flexibility index (Phi) is 3.45. The summed E-state index contributed by atoms with van der Waals surface area (Å²) in [5.41, 5.74) is 0. The van der Waals surface area contributed by atoms with Crippen molar-refractivity contribution < 1.29 is 4.74 Å².